The number of nitriles is 1. The van der Waals surface area contributed by atoms with Crippen LogP contribution in [0.25, 0.3) is 10.6 Å². The fourth-order valence-electron chi connectivity index (χ4n) is 3.13. The van der Waals surface area contributed by atoms with Gasteiger partial charge in [0.25, 0.3) is 5.91 Å². The highest BCUT2D eigenvalue weighted by atomic mass is 32.2. The van der Waals surface area contributed by atoms with E-state index in [9.17, 15) is 13.2 Å². The van der Waals surface area contributed by atoms with Gasteiger partial charge in [-0.3, -0.25) is 9.89 Å². The molecule has 3 aromatic rings. The van der Waals surface area contributed by atoms with E-state index in [1.165, 1.54) is 28.6 Å². The summed E-state index contributed by atoms with van der Waals surface area (Å²) in [5.41, 5.74) is 1.50. The number of carbonyl (C=O) groups excluding carboxylic acids is 1. The molecule has 1 aromatic carbocycles. The van der Waals surface area contributed by atoms with Crippen molar-refractivity contribution in [2.24, 2.45) is 0 Å². The second kappa shape index (κ2) is 7.79. The summed E-state index contributed by atoms with van der Waals surface area (Å²) in [7, 11) is -3.66. The molecule has 1 saturated heterocycles. The first kappa shape index (κ1) is 19.3. The monoisotopic (exact) mass is 427 g/mol. The molecule has 0 aliphatic carbocycles. The van der Waals surface area contributed by atoms with Crippen LogP contribution in [0.5, 0.6) is 0 Å². The SMILES string of the molecule is N#Cc1ccc(S(=O)(=O)N2CCN(C(=O)c3cc(-c4cccs4)[nH]n3)CC2)cc1. The zero-order chi connectivity index (χ0) is 20.4. The lowest BCUT2D eigenvalue weighted by Crippen LogP contribution is -2.50. The Morgan fingerprint density at radius 1 is 1.14 bits per heavy atom. The third-order valence-electron chi connectivity index (χ3n) is 4.73. The Hall–Kier alpha value is -3.00. The van der Waals surface area contributed by atoms with Crippen LogP contribution < -0.4 is 0 Å². The molecule has 4 rings (SSSR count). The van der Waals surface area contributed by atoms with Gasteiger partial charge in [0.15, 0.2) is 5.69 Å². The molecule has 29 heavy (non-hydrogen) atoms. The molecule has 0 radical (unpaired) electrons. The van der Waals surface area contributed by atoms with E-state index in [0.717, 1.165) is 10.6 Å². The number of sulfonamides is 1. The highest BCUT2D eigenvalue weighted by Gasteiger charge is 2.31. The van der Waals surface area contributed by atoms with Gasteiger partial charge in [0.05, 0.1) is 27.1 Å². The zero-order valence-electron chi connectivity index (χ0n) is 15.3. The normalized spacial score (nSPS) is 15.2. The van der Waals surface area contributed by atoms with Crippen LogP contribution in [0.2, 0.25) is 0 Å². The maximum Gasteiger partial charge on any atom is 0.274 e. The number of thiophene rings is 1. The Balaban J connectivity index is 1.42. The van der Waals surface area contributed by atoms with Crippen LogP contribution in [-0.2, 0) is 10.0 Å². The Kier molecular flexibility index (Phi) is 5.19. The van der Waals surface area contributed by atoms with Crippen LogP contribution in [0.15, 0.2) is 52.7 Å². The minimum Gasteiger partial charge on any atom is -0.335 e. The van der Waals surface area contributed by atoms with Crippen LogP contribution in [0.3, 0.4) is 0 Å². The second-order valence-electron chi connectivity index (χ2n) is 6.48. The van der Waals surface area contributed by atoms with E-state index in [0.29, 0.717) is 11.3 Å². The van der Waals surface area contributed by atoms with Crippen molar-refractivity contribution >= 4 is 27.3 Å². The fourth-order valence-corrected chi connectivity index (χ4v) is 5.25. The summed E-state index contributed by atoms with van der Waals surface area (Å²) in [4.78, 5) is 15.5. The molecule has 1 fully saturated rings. The lowest BCUT2D eigenvalue weighted by Gasteiger charge is -2.33. The average molecular weight is 428 g/mol. The van der Waals surface area contributed by atoms with E-state index in [-0.39, 0.29) is 37.0 Å². The van der Waals surface area contributed by atoms with E-state index >= 15 is 0 Å². The maximum atomic E-state index is 12.8. The van der Waals surface area contributed by atoms with Gasteiger partial charge < -0.3 is 4.90 Å². The molecule has 0 atom stereocenters. The molecule has 8 nitrogen and oxygen atoms in total. The number of nitrogens with one attached hydrogen (secondary N) is 1. The molecule has 0 saturated carbocycles. The lowest BCUT2D eigenvalue weighted by atomic mass is 10.2. The molecule has 1 aliphatic rings. The Morgan fingerprint density at radius 2 is 1.86 bits per heavy atom. The maximum absolute atomic E-state index is 12.8. The number of aromatic nitrogens is 2. The number of nitrogens with zero attached hydrogens (tertiary/aromatic N) is 4. The van der Waals surface area contributed by atoms with E-state index in [1.807, 2.05) is 23.6 Å². The van der Waals surface area contributed by atoms with E-state index in [4.69, 9.17) is 5.26 Å². The van der Waals surface area contributed by atoms with E-state index in [2.05, 4.69) is 10.2 Å². The highest BCUT2D eigenvalue weighted by molar-refractivity contribution is 7.89. The molecule has 1 N–H and O–H groups in total. The number of benzene rings is 1. The van der Waals surface area contributed by atoms with Crippen LogP contribution in [0.1, 0.15) is 16.1 Å². The van der Waals surface area contributed by atoms with Crippen molar-refractivity contribution in [3.8, 4) is 16.6 Å². The van der Waals surface area contributed by atoms with Gasteiger partial charge in [0.2, 0.25) is 10.0 Å². The fraction of sp³-hybridized carbons (Fsp3) is 0.211. The van der Waals surface area contributed by atoms with Crippen molar-refractivity contribution < 1.29 is 13.2 Å². The summed E-state index contributed by atoms with van der Waals surface area (Å²) < 4.78 is 26.9. The van der Waals surface area contributed by atoms with Gasteiger partial charge in [0, 0.05) is 26.2 Å². The van der Waals surface area contributed by atoms with Gasteiger partial charge in [-0.05, 0) is 41.8 Å². The number of H-pyrrole nitrogens is 1. The Morgan fingerprint density at radius 3 is 2.48 bits per heavy atom. The number of aromatic amines is 1. The van der Waals surface area contributed by atoms with Crippen molar-refractivity contribution in [3.63, 3.8) is 0 Å². The molecule has 1 amide bonds. The minimum absolute atomic E-state index is 0.143. The van der Waals surface area contributed by atoms with Gasteiger partial charge >= 0.3 is 0 Å². The zero-order valence-corrected chi connectivity index (χ0v) is 16.9. The molecule has 3 heterocycles. The predicted octanol–water partition coefficient (Wildman–Crippen LogP) is 2.16. The van der Waals surface area contributed by atoms with E-state index in [1.54, 1.807) is 22.3 Å². The summed E-state index contributed by atoms with van der Waals surface area (Å²) in [6.45, 7) is 0.984. The van der Waals surface area contributed by atoms with Crippen molar-refractivity contribution in [1.82, 2.24) is 19.4 Å². The molecule has 1 aliphatic heterocycles. The van der Waals surface area contributed by atoms with Gasteiger partial charge in [-0.1, -0.05) is 6.07 Å². The molecule has 0 spiro atoms. The number of hydrogen-bond donors (Lipinski definition) is 1. The molecule has 0 unspecified atom stereocenters. The second-order valence-corrected chi connectivity index (χ2v) is 9.36. The average Bonchev–Trinajstić information content (AvgIpc) is 3.45. The van der Waals surface area contributed by atoms with Crippen LogP contribution in [0.4, 0.5) is 0 Å². The first-order valence-electron chi connectivity index (χ1n) is 8.88. The number of hydrogen-bond acceptors (Lipinski definition) is 6. The number of rotatable bonds is 4. The van der Waals surface area contributed by atoms with Gasteiger partial charge in [-0.25, -0.2) is 8.42 Å². The van der Waals surface area contributed by atoms with Crippen molar-refractivity contribution in [1.29, 1.82) is 5.26 Å². The first-order valence-corrected chi connectivity index (χ1v) is 11.2. The smallest absolute Gasteiger partial charge is 0.274 e. The van der Waals surface area contributed by atoms with Crippen molar-refractivity contribution in [2.75, 3.05) is 26.2 Å². The van der Waals surface area contributed by atoms with Crippen molar-refractivity contribution in [3.05, 3.63) is 59.1 Å². The molecular formula is C19H17N5O3S2. The molecule has 0 bridgehead atoms. The summed E-state index contributed by atoms with van der Waals surface area (Å²) in [5, 5.41) is 17.8. The quantitative estimate of drug-likeness (QED) is 0.686. The third-order valence-corrected chi connectivity index (χ3v) is 7.55. The lowest BCUT2D eigenvalue weighted by molar-refractivity contribution is 0.0692. The van der Waals surface area contributed by atoms with Crippen molar-refractivity contribution in [2.45, 2.75) is 4.90 Å². The Labute approximate surface area is 172 Å². The standard InChI is InChI=1S/C19H17N5O3S2/c20-13-14-3-5-15(6-4-14)29(26,27)24-9-7-23(8-10-24)19(25)17-12-16(21-22-17)18-2-1-11-28-18/h1-6,11-12H,7-10H2,(H,21,22). The third kappa shape index (κ3) is 3.80. The van der Waals surface area contributed by atoms with Crippen LogP contribution in [0, 0.1) is 11.3 Å². The number of piperazine rings is 1. The van der Waals surface area contributed by atoms with E-state index < -0.39 is 10.0 Å². The van der Waals surface area contributed by atoms with Gasteiger partial charge in [-0.2, -0.15) is 14.7 Å². The summed E-state index contributed by atoms with van der Waals surface area (Å²) >= 11 is 1.55. The predicted molar refractivity (Wildman–Crippen MR) is 108 cm³/mol. The summed E-state index contributed by atoms with van der Waals surface area (Å²) in [5.74, 6) is -0.223. The molecule has 148 valence electrons. The summed E-state index contributed by atoms with van der Waals surface area (Å²) in [6, 6.07) is 13.4. The topological polar surface area (TPSA) is 110 Å². The molecular weight excluding hydrogens is 410 g/mol. The van der Waals surface area contributed by atoms with Gasteiger partial charge in [-0.15, -0.1) is 11.3 Å². The molecule has 10 heteroatoms. The van der Waals surface area contributed by atoms with Gasteiger partial charge in [0.1, 0.15) is 0 Å². The molecule has 2 aromatic heterocycles. The summed E-state index contributed by atoms with van der Waals surface area (Å²) in [6.07, 6.45) is 0. The largest absolute Gasteiger partial charge is 0.335 e. The Bertz CT molecular complexity index is 1150. The first-order chi connectivity index (χ1) is 14.0. The van der Waals surface area contributed by atoms with Crippen LogP contribution in [-0.4, -0.2) is 59.9 Å². The minimum atomic E-state index is -3.66. The number of carbonyl (C=O) groups is 1. The van der Waals surface area contributed by atoms with Crippen LogP contribution >= 0.6 is 11.3 Å². The highest BCUT2D eigenvalue weighted by Crippen LogP contribution is 2.24. The number of amides is 1.